The number of hydrogen-bond acceptors (Lipinski definition) is 4. The maximum atomic E-state index is 14.4. The lowest BCUT2D eigenvalue weighted by Crippen LogP contribution is -2.28. The summed E-state index contributed by atoms with van der Waals surface area (Å²) in [5.74, 6) is -1.23. The maximum absolute atomic E-state index is 14.4. The van der Waals surface area contributed by atoms with Crippen molar-refractivity contribution in [3.63, 3.8) is 0 Å². The summed E-state index contributed by atoms with van der Waals surface area (Å²) in [6.07, 6.45) is -1.53. The second-order valence-corrected chi connectivity index (χ2v) is 6.74. The molecule has 0 radical (unpaired) electrons. The molecule has 0 unspecified atom stereocenters. The third kappa shape index (κ3) is 9.35. The van der Waals surface area contributed by atoms with Crippen LogP contribution in [0.2, 0.25) is 5.02 Å². The van der Waals surface area contributed by atoms with Crippen molar-refractivity contribution < 1.29 is 41.7 Å². The van der Waals surface area contributed by atoms with Crippen molar-refractivity contribution >= 4 is 35.6 Å². The summed E-state index contributed by atoms with van der Waals surface area (Å²) >= 11 is 10.8. The Bertz CT molecular complexity index is 905. The molecule has 182 valence electrons. The minimum Gasteiger partial charge on any atom is -0.489 e. The first-order valence-electron chi connectivity index (χ1n) is 9.36. The van der Waals surface area contributed by atoms with Crippen molar-refractivity contribution in [2.75, 3.05) is 19.5 Å². The number of halogens is 6. The molecule has 6 nitrogen and oxygen atoms in total. The first kappa shape index (κ1) is 28.3. The molecule has 0 bridgehead atoms. The van der Waals surface area contributed by atoms with Gasteiger partial charge in [0.1, 0.15) is 23.9 Å². The van der Waals surface area contributed by atoms with Crippen molar-refractivity contribution in [3.05, 3.63) is 58.4 Å². The molecule has 0 aliphatic carbocycles. The van der Waals surface area contributed by atoms with E-state index in [1.165, 1.54) is 24.6 Å². The SMILES string of the molecule is CCl.O=C(c1cc(Cl)c(COc2ccc(OC(F)(F)F)cc2)cc1F)N1CCCC1.O=CO. The Morgan fingerprint density at radius 3 is 2.15 bits per heavy atom. The monoisotopic (exact) mass is 513 g/mol. The molecule has 12 heteroatoms. The Morgan fingerprint density at radius 2 is 1.64 bits per heavy atom. The van der Waals surface area contributed by atoms with Crippen LogP contribution in [0.25, 0.3) is 0 Å². The Kier molecular flexibility index (Phi) is 11.8. The van der Waals surface area contributed by atoms with Gasteiger partial charge in [0, 0.05) is 30.1 Å². The van der Waals surface area contributed by atoms with Crippen LogP contribution < -0.4 is 9.47 Å². The lowest BCUT2D eigenvalue weighted by molar-refractivity contribution is -0.274. The minimum absolute atomic E-state index is 0.0932. The number of carbonyl (C=O) groups excluding carboxylic acids is 1. The molecule has 1 heterocycles. The molecule has 0 aromatic heterocycles. The highest BCUT2D eigenvalue weighted by atomic mass is 35.5. The summed E-state index contributed by atoms with van der Waals surface area (Å²) in [6, 6.07) is 7.18. The number of likely N-dealkylation sites (tertiary alicyclic amines) is 1. The number of ether oxygens (including phenoxy) is 2. The number of hydrogen-bond donors (Lipinski definition) is 1. The number of amides is 1. The lowest BCUT2D eigenvalue weighted by atomic mass is 10.1. The van der Waals surface area contributed by atoms with E-state index in [0.717, 1.165) is 31.0 Å². The molecule has 1 aliphatic rings. The number of benzene rings is 2. The Morgan fingerprint density at radius 1 is 1.12 bits per heavy atom. The van der Waals surface area contributed by atoms with Crippen LogP contribution in [0.3, 0.4) is 0 Å². The molecular weight excluding hydrogens is 493 g/mol. The normalized spacial score (nSPS) is 12.6. The van der Waals surface area contributed by atoms with Gasteiger partial charge in [-0.3, -0.25) is 9.59 Å². The van der Waals surface area contributed by atoms with Gasteiger partial charge in [-0.25, -0.2) is 4.39 Å². The molecule has 1 saturated heterocycles. The van der Waals surface area contributed by atoms with Crippen LogP contribution in [-0.4, -0.2) is 48.2 Å². The second kappa shape index (κ2) is 13.7. The van der Waals surface area contributed by atoms with Gasteiger partial charge in [-0.1, -0.05) is 11.6 Å². The van der Waals surface area contributed by atoms with Crippen LogP contribution in [-0.2, 0) is 11.4 Å². The van der Waals surface area contributed by atoms with E-state index in [1.807, 2.05) is 0 Å². The molecule has 1 N–H and O–H groups in total. The van der Waals surface area contributed by atoms with Gasteiger partial charge in [0.15, 0.2) is 0 Å². The summed E-state index contributed by atoms with van der Waals surface area (Å²) < 4.78 is 60.0. The molecule has 2 aromatic carbocycles. The molecule has 0 saturated carbocycles. The molecule has 1 amide bonds. The largest absolute Gasteiger partial charge is 0.573 e. The average Bonchev–Trinajstić information content (AvgIpc) is 3.30. The fraction of sp³-hybridized carbons (Fsp3) is 0.333. The molecule has 0 spiro atoms. The van der Waals surface area contributed by atoms with E-state index in [0.29, 0.717) is 18.7 Å². The van der Waals surface area contributed by atoms with Gasteiger partial charge in [0.2, 0.25) is 0 Å². The van der Waals surface area contributed by atoms with Crippen molar-refractivity contribution in [3.8, 4) is 11.5 Å². The molecule has 33 heavy (non-hydrogen) atoms. The highest BCUT2D eigenvalue weighted by Crippen LogP contribution is 2.27. The fourth-order valence-corrected chi connectivity index (χ4v) is 3.07. The first-order chi connectivity index (χ1) is 15.6. The van der Waals surface area contributed by atoms with Gasteiger partial charge in [-0.2, -0.15) is 0 Å². The van der Waals surface area contributed by atoms with E-state index in [2.05, 4.69) is 16.3 Å². The van der Waals surface area contributed by atoms with Crippen LogP contribution in [0.1, 0.15) is 28.8 Å². The highest BCUT2D eigenvalue weighted by molar-refractivity contribution is 6.31. The number of rotatable bonds is 5. The standard InChI is InChI=1S/C19H16ClF4NO3.CH3Cl.CH2O2/c20-16-10-15(18(26)25-7-1-2-8-25)17(21)9-12(16)11-27-13-3-5-14(6-4-13)28-19(22,23)24;1-2;2-1-3/h3-6,9-10H,1-2,7-8,11H2;1H3;1H,(H,2,3). The molecule has 3 rings (SSSR count). The van der Waals surface area contributed by atoms with E-state index in [4.69, 9.17) is 26.2 Å². The van der Waals surface area contributed by atoms with Crippen LogP contribution in [0.5, 0.6) is 11.5 Å². The first-order valence-corrected chi connectivity index (χ1v) is 10.5. The van der Waals surface area contributed by atoms with Crippen LogP contribution in [0.4, 0.5) is 17.6 Å². The predicted octanol–water partition coefficient (Wildman–Crippen LogP) is 5.75. The van der Waals surface area contributed by atoms with Crippen molar-refractivity contribution in [2.24, 2.45) is 0 Å². The van der Waals surface area contributed by atoms with Gasteiger partial charge in [0.25, 0.3) is 12.4 Å². The van der Waals surface area contributed by atoms with Crippen molar-refractivity contribution in [1.82, 2.24) is 4.90 Å². The minimum atomic E-state index is -4.78. The highest BCUT2D eigenvalue weighted by Gasteiger charge is 2.31. The molecular formula is C21H21Cl2F4NO5. The Labute approximate surface area is 197 Å². The van der Waals surface area contributed by atoms with E-state index in [1.54, 1.807) is 4.90 Å². The van der Waals surface area contributed by atoms with Crippen molar-refractivity contribution in [1.29, 1.82) is 0 Å². The Hall–Kier alpha value is -2.72. The van der Waals surface area contributed by atoms with Gasteiger partial charge < -0.3 is 19.5 Å². The van der Waals surface area contributed by atoms with Crippen LogP contribution in [0.15, 0.2) is 36.4 Å². The quantitative estimate of drug-likeness (QED) is 0.313. The molecule has 0 atom stereocenters. The summed E-state index contributed by atoms with van der Waals surface area (Å²) in [4.78, 5) is 22.3. The predicted molar refractivity (Wildman–Crippen MR) is 114 cm³/mol. The number of carbonyl (C=O) groups is 2. The topological polar surface area (TPSA) is 76.1 Å². The number of carboxylic acid groups (broad SMARTS) is 1. The zero-order chi connectivity index (χ0) is 25.0. The zero-order valence-electron chi connectivity index (χ0n) is 17.4. The number of nitrogens with zero attached hydrogens (tertiary/aromatic N) is 1. The fourth-order valence-electron chi connectivity index (χ4n) is 2.85. The zero-order valence-corrected chi connectivity index (χ0v) is 18.9. The molecule has 1 aliphatic heterocycles. The third-order valence-electron chi connectivity index (χ3n) is 4.21. The molecule has 2 aromatic rings. The van der Waals surface area contributed by atoms with E-state index < -0.39 is 18.1 Å². The summed E-state index contributed by atoms with van der Waals surface area (Å²) in [6.45, 7) is 0.816. The van der Waals surface area contributed by atoms with E-state index >= 15 is 0 Å². The summed E-state index contributed by atoms with van der Waals surface area (Å²) in [5, 5.41) is 7.06. The van der Waals surface area contributed by atoms with E-state index in [-0.39, 0.29) is 35.2 Å². The van der Waals surface area contributed by atoms with Crippen molar-refractivity contribution in [2.45, 2.75) is 25.8 Å². The van der Waals surface area contributed by atoms with Gasteiger partial charge >= 0.3 is 6.36 Å². The van der Waals surface area contributed by atoms with Crippen LogP contribution in [0, 0.1) is 5.82 Å². The maximum Gasteiger partial charge on any atom is 0.573 e. The average molecular weight is 514 g/mol. The second-order valence-electron chi connectivity index (χ2n) is 6.34. The number of alkyl halides is 4. The van der Waals surface area contributed by atoms with Gasteiger partial charge in [0.05, 0.1) is 5.56 Å². The van der Waals surface area contributed by atoms with Crippen LogP contribution >= 0.6 is 23.2 Å². The summed E-state index contributed by atoms with van der Waals surface area (Å²) in [5.41, 5.74) is 0.219. The third-order valence-corrected chi connectivity index (χ3v) is 4.56. The van der Waals surface area contributed by atoms with Gasteiger partial charge in [-0.15, -0.1) is 24.8 Å². The lowest BCUT2D eigenvalue weighted by Gasteiger charge is -2.17. The summed E-state index contributed by atoms with van der Waals surface area (Å²) in [7, 11) is 0. The smallest absolute Gasteiger partial charge is 0.489 e. The van der Waals surface area contributed by atoms with Gasteiger partial charge in [-0.05, 0) is 49.2 Å². The molecule has 1 fully saturated rings. The Balaban J connectivity index is 0.00000101. The van der Waals surface area contributed by atoms with E-state index in [9.17, 15) is 22.4 Å².